The van der Waals surface area contributed by atoms with Crippen LogP contribution in [-0.2, 0) is 9.59 Å². The fraction of sp³-hybridized carbons (Fsp3) is 0.467. The first-order chi connectivity index (χ1) is 8.69. The molecule has 0 radical (unpaired) electrons. The largest absolute Gasteiger partial charge is 0.345 e. The number of nitrogens with one attached hydrogen (secondary N) is 1. The van der Waals surface area contributed by atoms with Crippen LogP contribution in [-0.4, -0.2) is 17.2 Å². The number of benzene rings is 1. The van der Waals surface area contributed by atoms with Crippen molar-refractivity contribution in [2.75, 3.05) is 0 Å². The summed E-state index contributed by atoms with van der Waals surface area (Å²) in [5.74, 6) is -0.916. The van der Waals surface area contributed by atoms with Gasteiger partial charge in [-0.3, -0.25) is 9.59 Å². The van der Waals surface area contributed by atoms with E-state index < -0.39 is 17.2 Å². The van der Waals surface area contributed by atoms with E-state index in [0.29, 0.717) is 5.02 Å². The van der Waals surface area contributed by atoms with Crippen LogP contribution in [0.15, 0.2) is 24.3 Å². The Morgan fingerprint density at radius 2 is 1.74 bits per heavy atom. The highest BCUT2D eigenvalue weighted by atomic mass is 35.5. The van der Waals surface area contributed by atoms with Crippen LogP contribution in [0.2, 0.25) is 5.02 Å². The molecular weight excluding hydrogens is 262 g/mol. The van der Waals surface area contributed by atoms with Gasteiger partial charge in [-0.15, -0.1) is 0 Å². The van der Waals surface area contributed by atoms with Gasteiger partial charge in [0.2, 0.25) is 5.78 Å². The average Bonchev–Trinajstić information content (AvgIpc) is 2.27. The molecule has 0 unspecified atom stereocenters. The molecule has 1 N–H and O–H groups in total. The van der Waals surface area contributed by atoms with E-state index in [0.717, 1.165) is 5.56 Å². The van der Waals surface area contributed by atoms with E-state index in [1.165, 1.54) is 0 Å². The SMILES string of the molecule is C[C@@H](CC(=O)C(=O)NC(C)(C)C)c1ccc(Cl)cc1. The lowest BCUT2D eigenvalue weighted by atomic mass is 9.95. The second kappa shape index (κ2) is 6.20. The third-order valence-corrected chi connectivity index (χ3v) is 2.92. The van der Waals surface area contributed by atoms with Crippen molar-refractivity contribution in [2.45, 2.75) is 45.6 Å². The predicted octanol–water partition coefficient (Wildman–Crippen LogP) is 3.32. The first kappa shape index (κ1) is 15.7. The molecule has 0 spiro atoms. The zero-order valence-electron chi connectivity index (χ0n) is 11.8. The number of hydrogen-bond acceptors (Lipinski definition) is 2. The maximum absolute atomic E-state index is 11.8. The predicted molar refractivity (Wildman–Crippen MR) is 77.4 cm³/mol. The fourth-order valence-corrected chi connectivity index (χ4v) is 1.82. The van der Waals surface area contributed by atoms with Crippen LogP contribution in [0.4, 0.5) is 0 Å². The van der Waals surface area contributed by atoms with E-state index >= 15 is 0 Å². The summed E-state index contributed by atoms with van der Waals surface area (Å²) in [7, 11) is 0. The molecule has 0 aliphatic heterocycles. The van der Waals surface area contributed by atoms with E-state index in [9.17, 15) is 9.59 Å². The van der Waals surface area contributed by atoms with Gasteiger partial charge < -0.3 is 5.32 Å². The molecule has 1 aromatic rings. The first-order valence-electron chi connectivity index (χ1n) is 6.30. The molecule has 0 heterocycles. The molecule has 3 nitrogen and oxygen atoms in total. The van der Waals surface area contributed by atoms with Crippen molar-refractivity contribution in [3.63, 3.8) is 0 Å². The number of rotatable bonds is 4. The summed E-state index contributed by atoms with van der Waals surface area (Å²) in [5, 5.41) is 3.34. The number of carbonyl (C=O) groups is 2. The summed E-state index contributed by atoms with van der Waals surface area (Å²) in [6.07, 6.45) is 0.198. The highest BCUT2D eigenvalue weighted by Gasteiger charge is 2.22. The molecule has 0 bridgehead atoms. The summed E-state index contributed by atoms with van der Waals surface area (Å²) in [4.78, 5) is 23.5. The quantitative estimate of drug-likeness (QED) is 0.861. The van der Waals surface area contributed by atoms with Crippen LogP contribution in [0.3, 0.4) is 0 Å². The smallest absolute Gasteiger partial charge is 0.287 e. The Kier molecular flexibility index (Phi) is 5.12. The maximum atomic E-state index is 11.8. The zero-order valence-corrected chi connectivity index (χ0v) is 12.5. The molecule has 0 saturated heterocycles. The zero-order chi connectivity index (χ0) is 14.6. The molecule has 1 atom stereocenters. The van der Waals surface area contributed by atoms with Crippen LogP contribution in [0.5, 0.6) is 0 Å². The van der Waals surface area contributed by atoms with Crippen molar-refractivity contribution in [3.05, 3.63) is 34.9 Å². The lowest BCUT2D eigenvalue weighted by Crippen LogP contribution is -2.44. The van der Waals surface area contributed by atoms with Crippen molar-refractivity contribution < 1.29 is 9.59 Å². The minimum absolute atomic E-state index is 0.00418. The van der Waals surface area contributed by atoms with Gasteiger partial charge in [-0.05, 0) is 44.4 Å². The van der Waals surface area contributed by atoms with Crippen LogP contribution in [0.1, 0.15) is 45.6 Å². The van der Waals surface area contributed by atoms with Gasteiger partial charge in [-0.1, -0.05) is 30.7 Å². The van der Waals surface area contributed by atoms with E-state index in [2.05, 4.69) is 5.32 Å². The molecule has 0 aromatic heterocycles. The van der Waals surface area contributed by atoms with E-state index in [-0.39, 0.29) is 12.3 Å². The molecule has 4 heteroatoms. The molecule has 104 valence electrons. The maximum Gasteiger partial charge on any atom is 0.287 e. The van der Waals surface area contributed by atoms with Crippen LogP contribution >= 0.6 is 11.6 Å². The molecule has 19 heavy (non-hydrogen) atoms. The van der Waals surface area contributed by atoms with Gasteiger partial charge in [0.1, 0.15) is 0 Å². The van der Waals surface area contributed by atoms with Gasteiger partial charge in [-0.2, -0.15) is 0 Å². The highest BCUT2D eigenvalue weighted by molar-refractivity contribution is 6.36. The standard InChI is InChI=1S/C15H20ClNO2/c1-10(11-5-7-12(16)8-6-11)9-13(18)14(19)17-15(2,3)4/h5-8,10H,9H2,1-4H3,(H,17,19)/t10-/m0/s1. The minimum Gasteiger partial charge on any atom is -0.345 e. The van der Waals surface area contributed by atoms with Gasteiger partial charge in [0.25, 0.3) is 5.91 Å². The molecule has 0 aliphatic carbocycles. The van der Waals surface area contributed by atoms with E-state index in [4.69, 9.17) is 11.6 Å². The number of halogens is 1. The monoisotopic (exact) mass is 281 g/mol. The Morgan fingerprint density at radius 1 is 1.21 bits per heavy atom. The van der Waals surface area contributed by atoms with Crippen molar-refractivity contribution in [2.24, 2.45) is 0 Å². The van der Waals surface area contributed by atoms with Gasteiger partial charge in [-0.25, -0.2) is 0 Å². The van der Waals surface area contributed by atoms with Gasteiger partial charge in [0.05, 0.1) is 0 Å². The van der Waals surface area contributed by atoms with E-state index in [1.807, 2.05) is 39.8 Å². The van der Waals surface area contributed by atoms with Crippen molar-refractivity contribution in [3.8, 4) is 0 Å². The molecule has 0 aliphatic rings. The van der Waals surface area contributed by atoms with Crippen molar-refractivity contribution in [1.82, 2.24) is 5.32 Å². The number of amides is 1. The van der Waals surface area contributed by atoms with Crippen LogP contribution in [0.25, 0.3) is 0 Å². The summed E-state index contributed by atoms with van der Waals surface area (Å²) in [5.41, 5.74) is 0.609. The number of ketones is 1. The Balaban J connectivity index is 2.61. The Morgan fingerprint density at radius 3 is 2.21 bits per heavy atom. The molecule has 0 fully saturated rings. The number of hydrogen-bond donors (Lipinski definition) is 1. The van der Waals surface area contributed by atoms with Gasteiger partial charge >= 0.3 is 0 Å². The molecule has 1 amide bonds. The van der Waals surface area contributed by atoms with Gasteiger partial charge in [0.15, 0.2) is 0 Å². The second-order valence-electron chi connectivity index (χ2n) is 5.78. The van der Waals surface area contributed by atoms with Gasteiger partial charge in [0, 0.05) is 17.0 Å². The lowest BCUT2D eigenvalue weighted by molar-refractivity contribution is -0.139. The number of carbonyl (C=O) groups excluding carboxylic acids is 2. The Labute approximate surface area is 119 Å². The summed E-state index contributed by atoms with van der Waals surface area (Å²) >= 11 is 5.81. The minimum atomic E-state index is -0.520. The molecule has 0 saturated carbocycles. The first-order valence-corrected chi connectivity index (χ1v) is 6.67. The third-order valence-electron chi connectivity index (χ3n) is 2.67. The van der Waals surface area contributed by atoms with Crippen LogP contribution < -0.4 is 5.32 Å². The van der Waals surface area contributed by atoms with E-state index in [1.54, 1.807) is 12.1 Å². The normalized spacial score (nSPS) is 12.9. The number of Topliss-reactive ketones (excluding diaryl/α,β-unsaturated/α-hetero) is 1. The second-order valence-corrected chi connectivity index (χ2v) is 6.22. The Bertz CT molecular complexity index is 460. The third kappa shape index (κ3) is 5.43. The highest BCUT2D eigenvalue weighted by Crippen LogP contribution is 2.21. The lowest BCUT2D eigenvalue weighted by Gasteiger charge is -2.20. The summed E-state index contributed by atoms with van der Waals surface area (Å²) < 4.78 is 0. The van der Waals surface area contributed by atoms with Crippen LogP contribution in [0, 0.1) is 0 Å². The topological polar surface area (TPSA) is 46.2 Å². The molecule has 1 aromatic carbocycles. The average molecular weight is 282 g/mol. The Hall–Kier alpha value is -1.35. The summed E-state index contributed by atoms with van der Waals surface area (Å²) in [6.45, 7) is 7.47. The van der Waals surface area contributed by atoms with Crippen molar-refractivity contribution in [1.29, 1.82) is 0 Å². The molecule has 1 rings (SSSR count). The van der Waals surface area contributed by atoms with Crippen molar-refractivity contribution >= 4 is 23.3 Å². The fourth-order valence-electron chi connectivity index (χ4n) is 1.69. The summed E-state index contributed by atoms with van der Waals surface area (Å²) in [6, 6.07) is 7.32. The molecular formula is C15H20ClNO2.